The Hall–Kier alpha value is -6.86. The van der Waals surface area contributed by atoms with Crippen molar-refractivity contribution in [1.82, 2.24) is 0 Å². The van der Waals surface area contributed by atoms with Crippen molar-refractivity contribution in [3.05, 3.63) is 221 Å². The van der Waals surface area contributed by atoms with Crippen molar-refractivity contribution in [2.45, 2.75) is 38.9 Å². The summed E-state index contributed by atoms with van der Waals surface area (Å²) >= 11 is 6.65. The fourth-order valence-corrected chi connectivity index (χ4v) is 11.9. The molecule has 1 fully saturated rings. The largest absolute Gasteiger partial charge is 0.495 e. The molecule has 0 saturated carbocycles. The van der Waals surface area contributed by atoms with Gasteiger partial charge in [0, 0.05) is 8.95 Å². The van der Waals surface area contributed by atoms with Crippen molar-refractivity contribution in [3.63, 3.8) is 0 Å². The van der Waals surface area contributed by atoms with Gasteiger partial charge in [0.1, 0.15) is 0 Å². The van der Waals surface area contributed by atoms with E-state index in [0.29, 0.717) is 0 Å². The first-order chi connectivity index (χ1) is 34.5. The van der Waals surface area contributed by atoms with E-state index in [1.165, 1.54) is 121 Å². The SMILES string of the molecule is Brc1ccc(Br)cc1.CC1(C)OB(c2ccc3c4c(cccc24)-c2ccccc2-3)OC1(C)C.c1ccc2c(c1)-c1cccc3c(-c4ccc(-c5ccc6c7c(cccc57)-c5ccccc5-6)cc4)ccc-2c13. The van der Waals surface area contributed by atoms with Gasteiger partial charge in [0.2, 0.25) is 0 Å². The third kappa shape index (κ3) is 7.12. The molecular weight excluding hydrogens is 995 g/mol. The molecule has 0 aromatic heterocycles. The third-order valence-electron chi connectivity index (χ3n) is 15.5. The van der Waals surface area contributed by atoms with Crippen molar-refractivity contribution < 1.29 is 9.31 Å². The summed E-state index contributed by atoms with van der Waals surface area (Å²) in [4.78, 5) is 0. The molecule has 4 aliphatic rings. The summed E-state index contributed by atoms with van der Waals surface area (Å²) in [6.45, 7) is 8.40. The van der Waals surface area contributed by atoms with E-state index in [2.05, 4.69) is 248 Å². The number of hydrogen-bond donors (Lipinski definition) is 0. The van der Waals surface area contributed by atoms with E-state index in [0.717, 1.165) is 14.4 Å². The molecule has 1 heterocycles. The van der Waals surface area contributed by atoms with E-state index in [1.54, 1.807) is 0 Å². The smallest absolute Gasteiger partial charge is 0.399 e. The highest BCUT2D eigenvalue weighted by Gasteiger charge is 2.52. The summed E-state index contributed by atoms with van der Waals surface area (Å²) in [5.74, 6) is 0. The van der Waals surface area contributed by atoms with Crippen LogP contribution in [0.15, 0.2) is 221 Å². The summed E-state index contributed by atoms with van der Waals surface area (Å²) in [6.07, 6.45) is 0. The Kier molecular flexibility index (Phi) is 10.5. The maximum absolute atomic E-state index is 6.31. The van der Waals surface area contributed by atoms with E-state index >= 15 is 0 Å². The molecule has 0 N–H and O–H groups in total. The summed E-state index contributed by atoms with van der Waals surface area (Å²) < 4.78 is 14.9. The normalized spacial score (nSPS) is 14.4. The van der Waals surface area contributed by atoms with Crippen LogP contribution in [0.2, 0.25) is 0 Å². The Morgan fingerprint density at radius 2 is 0.563 bits per heavy atom. The predicted molar refractivity (Wildman–Crippen MR) is 307 cm³/mol. The summed E-state index contributed by atoms with van der Waals surface area (Å²) in [5.41, 5.74) is 21.6. The maximum Gasteiger partial charge on any atom is 0.495 e. The molecule has 5 heteroatoms. The van der Waals surface area contributed by atoms with Gasteiger partial charge in [0.15, 0.2) is 0 Å². The van der Waals surface area contributed by atoms with Crippen LogP contribution in [0.25, 0.3) is 121 Å². The number of benzene rings is 11. The van der Waals surface area contributed by atoms with Gasteiger partial charge in [0.05, 0.1) is 11.2 Å². The van der Waals surface area contributed by atoms with Crippen LogP contribution in [0.4, 0.5) is 0 Å². The summed E-state index contributed by atoms with van der Waals surface area (Å²) in [5, 5.41) is 7.95. The van der Waals surface area contributed by atoms with Crippen molar-refractivity contribution >= 4 is 76.8 Å². The lowest BCUT2D eigenvalue weighted by molar-refractivity contribution is 0.00578. The minimum Gasteiger partial charge on any atom is -0.399 e. The van der Waals surface area contributed by atoms with Gasteiger partial charge in [-0.05, 0) is 179 Å². The van der Waals surface area contributed by atoms with Crippen LogP contribution in [0.5, 0.6) is 0 Å². The lowest BCUT2D eigenvalue weighted by atomic mass is 9.75. The molecule has 0 atom stereocenters. The Bertz CT molecular complexity index is 3690. The fraction of sp³-hybridized carbons (Fsp3) is 0.0909. The van der Waals surface area contributed by atoms with E-state index in [1.807, 2.05) is 24.3 Å². The minimum atomic E-state index is -0.335. The molecule has 0 radical (unpaired) electrons. The molecule has 71 heavy (non-hydrogen) atoms. The van der Waals surface area contributed by atoms with Crippen LogP contribution in [0, 0.1) is 0 Å². The van der Waals surface area contributed by atoms with E-state index in [4.69, 9.17) is 9.31 Å². The van der Waals surface area contributed by atoms with E-state index in [9.17, 15) is 0 Å². The molecule has 1 aliphatic heterocycles. The lowest BCUT2D eigenvalue weighted by Gasteiger charge is -2.32. The Morgan fingerprint density at radius 1 is 0.282 bits per heavy atom. The number of halogens is 2. The highest BCUT2D eigenvalue weighted by Crippen LogP contribution is 2.52. The first-order valence-corrected chi connectivity index (χ1v) is 26.0. The molecule has 3 aliphatic carbocycles. The van der Waals surface area contributed by atoms with Gasteiger partial charge in [-0.25, -0.2) is 0 Å². The standard InChI is InChI=1S/C38H22.C22H21BO2.C6H4Br2/c1-3-9-29-27(7-1)33-13-5-11-31-25(19-21-35(29)37(31)33)23-15-17-24(18-16-23)26-20-22-36-30-10-4-2-8-28(30)34-14-6-12-32(26)38(34)36;1-21(2)22(3,4)25-23(24-21)19-13-12-17-15-9-6-5-8-14(15)16-10-7-11-18(19)20(16)17;7-5-1-2-6(8)4-3-5/h1-22H;5-13H,1-4H3;1-4H. The average Bonchev–Trinajstić information content (AvgIpc) is 4.09. The number of hydrogen-bond acceptors (Lipinski definition) is 2. The van der Waals surface area contributed by atoms with Gasteiger partial charge in [-0.2, -0.15) is 0 Å². The van der Waals surface area contributed by atoms with Crippen LogP contribution in [0.1, 0.15) is 27.7 Å². The highest BCUT2D eigenvalue weighted by atomic mass is 79.9. The first kappa shape index (κ1) is 44.1. The summed E-state index contributed by atoms with van der Waals surface area (Å²) in [6, 6.07) is 76.9. The second-order valence-corrected chi connectivity index (χ2v) is 21.8. The molecule has 0 unspecified atom stereocenters. The van der Waals surface area contributed by atoms with Crippen LogP contribution in [-0.4, -0.2) is 18.3 Å². The number of fused-ring (bicyclic) bond motifs is 9. The van der Waals surface area contributed by atoms with Crippen LogP contribution in [-0.2, 0) is 9.31 Å². The van der Waals surface area contributed by atoms with Crippen molar-refractivity contribution in [2.75, 3.05) is 0 Å². The second-order valence-electron chi connectivity index (χ2n) is 19.9. The monoisotopic (exact) mass is 1040 g/mol. The molecule has 11 aromatic rings. The fourth-order valence-electron chi connectivity index (χ4n) is 11.4. The van der Waals surface area contributed by atoms with Crippen molar-refractivity contribution in [2.24, 2.45) is 0 Å². The van der Waals surface area contributed by atoms with Crippen LogP contribution in [0.3, 0.4) is 0 Å². The molecule has 15 rings (SSSR count). The first-order valence-electron chi connectivity index (χ1n) is 24.4. The molecule has 0 amide bonds. The third-order valence-corrected chi connectivity index (χ3v) is 16.6. The maximum atomic E-state index is 6.31. The zero-order valence-corrected chi connectivity index (χ0v) is 43.0. The predicted octanol–water partition coefficient (Wildman–Crippen LogP) is 18.6. The van der Waals surface area contributed by atoms with Gasteiger partial charge in [-0.1, -0.05) is 220 Å². The molecule has 1 saturated heterocycles. The average molecular weight is 1040 g/mol. The lowest BCUT2D eigenvalue weighted by Crippen LogP contribution is -2.41. The highest BCUT2D eigenvalue weighted by molar-refractivity contribution is 9.11. The van der Waals surface area contributed by atoms with Gasteiger partial charge in [-0.3, -0.25) is 0 Å². The quantitative estimate of drug-likeness (QED) is 0.164. The summed E-state index contributed by atoms with van der Waals surface area (Å²) in [7, 11) is -0.335. The van der Waals surface area contributed by atoms with Gasteiger partial charge < -0.3 is 9.31 Å². The topological polar surface area (TPSA) is 18.5 Å². The van der Waals surface area contributed by atoms with Gasteiger partial charge in [0.25, 0.3) is 0 Å². The van der Waals surface area contributed by atoms with E-state index < -0.39 is 0 Å². The minimum absolute atomic E-state index is 0.330. The number of rotatable bonds is 3. The van der Waals surface area contributed by atoms with Crippen molar-refractivity contribution in [3.8, 4) is 89.0 Å². The van der Waals surface area contributed by atoms with Gasteiger partial charge >= 0.3 is 7.12 Å². The van der Waals surface area contributed by atoms with Gasteiger partial charge in [-0.15, -0.1) is 0 Å². The zero-order valence-electron chi connectivity index (χ0n) is 39.9. The van der Waals surface area contributed by atoms with Crippen molar-refractivity contribution in [1.29, 1.82) is 0 Å². The molecule has 340 valence electrons. The molecule has 0 bridgehead atoms. The molecular formula is C66H47BBr2O2. The molecule has 0 spiro atoms. The zero-order chi connectivity index (χ0) is 48.2. The van der Waals surface area contributed by atoms with E-state index in [-0.39, 0.29) is 18.3 Å². The molecule has 11 aromatic carbocycles. The Labute approximate surface area is 432 Å². The van der Waals surface area contributed by atoms with Crippen LogP contribution >= 0.6 is 31.9 Å². The molecule has 2 nitrogen and oxygen atoms in total. The Balaban J connectivity index is 0.000000128. The second kappa shape index (κ2) is 16.9. The van der Waals surface area contributed by atoms with Crippen LogP contribution < -0.4 is 5.46 Å². The Morgan fingerprint density at radius 3 is 0.930 bits per heavy atom.